The number of rotatable bonds is 3. The monoisotopic (exact) mass is 220 g/mol. The van der Waals surface area contributed by atoms with Gasteiger partial charge in [0.05, 0.1) is 6.42 Å². The van der Waals surface area contributed by atoms with E-state index < -0.39 is 18.8 Å². The highest BCUT2D eigenvalue weighted by atomic mass is 35.5. The van der Waals surface area contributed by atoms with Crippen LogP contribution in [0, 0.1) is 0 Å². The molecule has 2 nitrogen and oxygen atoms in total. The fourth-order valence-corrected chi connectivity index (χ4v) is 1.30. The van der Waals surface area contributed by atoms with Gasteiger partial charge in [-0.25, -0.2) is 8.78 Å². The van der Waals surface area contributed by atoms with Gasteiger partial charge in [-0.05, 0) is 17.7 Å². The van der Waals surface area contributed by atoms with Crippen molar-refractivity contribution in [3.63, 3.8) is 0 Å². The summed E-state index contributed by atoms with van der Waals surface area (Å²) in [4.78, 5) is 10.4. The van der Waals surface area contributed by atoms with Gasteiger partial charge in [-0.3, -0.25) is 4.79 Å². The highest BCUT2D eigenvalue weighted by molar-refractivity contribution is 6.30. The maximum atomic E-state index is 12.4. The molecule has 0 saturated heterocycles. The third-order valence-electron chi connectivity index (χ3n) is 1.68. The van der Waals surface area contributed by atoms with Gasteiger partial charge in [-0.1, -0.05) is 17.7 Å². The fourth-order valence-electron chi connectivity index (χ4n) is 1.10. The van der Waals surface area contributed by atoms with E-state index in [9.17, 15) is 13.6 Å². The average Bonchev–Trinajstić information content (AvgIpc) is 2.01. The SMILES string of the molecule is O=C(O)Cc1cc(Cl)ccc1C(F)F. The topological polar surface area (TPSA) is 37.3 Å². The van der Waals surface area contributed by atoms with Crippen molar-refractivity contribution in [1.29, 1.82) is 0 Å². The van der Waals surface area contributed by atoms with Gasteiger partial charge in [0.15, 0.2) is 0 Å². The van der Waals surface area contributed by atoms with Crippen molar-refractivity contribution < 1.29 is 18.7 Å². The van der Waals surface area contributed by atoms with Crippen molar-refractivity contribution in [2.45, 2.75) is 12.8 Å². The minimum Gasteiger partial charge on any atom is -0.481 e. The predicted molar refractivity (Wildman–Crippen MR) is 47.7 cm³/mol. The lowest BCUT2D eigenvalue weighted by Crippen LogP contribution is -2.03. The van der Waals surface area contributed by atoms with Crippen LogP contribution in [0.3, 0.4) is 0 Å². The zero-order valence-corrected chi connectivity index (χ0v) is 7.76. The average molecular weight is 221 g/mol. The van der Waals surface area contributed by atoms with Crippen molar-refractivity contribution >= 4 is 17.6 Å². The van der Waals surface area contributed by atoms with Crippen LogP contribution in [0.4, 0.5) is 8.78 Å². The number of alkyl halides is 2. The molecule has 0 aliphatic rings. The standard InChI is InChI=1S/C9H7ClF2O2/c10-6-1-2-7(9(11)12)5(3-6)4-8(13)14/h1-3,9H,4H2,(H,13,14). The number of benzene rings is 1. The summed E-state index contributed by atoms with van der Waals surface area (Å²) in [5, 5.41) is 8.73. The molecule has 1 rings (SSSR count). The van der Waals surface area contributed by atoms with Crippen LogP contribution in [0.1, 0.15) is 17.6 Å². The lowest BCUT2D eigenvalue weighted by molar-refractivity contribution is -0.136. The molecule has 1 N–H and O–H groups in total. The summed E-state index contributed by atoms with van der Waals surface area (Å²) in [6.45, 7) is 0. The molecule has 0 atom stereocenters. The largest absolute Gasteiger partial charge is 0.481 e. The maximum Gasteiger partial charge on any atom is 0.307 e. The van der Waals surface area contributed by atoms with Crippen molar-refractivity contribution in [3.05, 3.63) is 34.3 Å². The number of carboxylic acids is 1. The lowest BCUT2D eigenvalue weighted by atomic mass is 10.1. The number of hydrogen-bond donors (Lipinski definition) is 1. The Bertz CT molecular complexity index is 353. The quantitative estimate of drug-likeness (QED) is 0.851. The normalized spacial score (nSPS) is 10.6. The molecular formula is C9H7ClF2O2. The van der Waals surface area contributed by atoms with E-state index in [4.69, 9.17) is 16.7 Å². The maximum absolute atomic E-state index is 12.4. The molecule has 0 amide bonds. The first kappa shape index (κ1) is 10.9. The first-order chi connectivity index (χ1) is 6.50. The first-order valence-corrected chi connectivity index (χ1v) is 4.16. The highest BCUT2D eigenvalue weighted by Crippen LogP contribution is 2.25. The molecule has 0 radical (unpaired) electrons. The van der Waals surface area contributed by atoms with Crippen LogP contribution in [0.15, 0.2) is 18.2 Å². The summed E-state index contributed by atoms with van der Waals surface area (Å²) < 4.78 is 24.7. The second kappa shape index (κ2) is 4.37. The van der Waals surface area contributed by atoms with E-state index in [0.717, 1.165) is 6.07 Å². The predicted octanol–water partition coefficient (Wildman–Crippen LogP) is 2.90. The van der Waals surface area contributed by atoms with Crippen LogP contribution in [0.2, 0.25) is 5.02 Å². The smallest absolute Gasteiger partial charge is 0.307 e. The van der Waals surface area contributed by atoms with Gasteiger partial charge in [0.1, 0.15) is 0 Å². The minimum absolute atomic E-state index is 0.0556. The van der Waals surface area contributed by atoms with E-state index in [2.05, 4.69) is 0 Å². The molecule has 0 heterocycles. The molecule has 5 heteroatoms. The molecule has 0 saturated carbocycles. The Balaban J connectivity index is 3.09. The summed E-state index contributed by atoms with van der Waals surface area (Å²) in [6, 6.07) is 3.71. The third kappa shape index (κ3) is 2.67. The third-order valence-corrected chi connectivity index (χ3v) is 1.92. The van der Waals surface area contributed by atoms with Crippen LogP contribution in [0.25, 0.3) is 0 Å². The fraction of sp³-hybridized carbons (Fsp3) is 0.222. The Hall–Kier alpha value is -1.16. The zero-order valence-electron chi connectivity index (χ0n) is 7.01. The van der Waals surface area contributed by atoms with E-state index in [1.165, 1.54) is 12.1 Å². The van der Waals surface area contributed by atoms with Crippen molar-refractivity contribution in [1.82, 2.24) is 0 Å². The summed E-state index contributed by atoms with van der Waals surface area (Å²) in [6.07, 6.45) is -3.12. The van der Waals surface area contributed by atoms with Crippen LogP contribution in [-0.2, 0) is 11.2 Å². The van der Waals surface area contributed by atoms with E-state index >= 15 is 0 Å². The second-order valence-electron chi connectivity index (χ2n) is 2.71. The molecule has 0 unspecified atom stereocenters. The van der Waals surface area contributed by atoms with Gasteiger partial charge in [0.2, 0.25) is 0 Å². The number of aliphatic carboxylic acids is 1. The Morgan fingerprint density at radius 2 is 2.14 bits per heavy atom. The van der Waals surface area contributed by atoms with Crippen LogP contribution in [0.5, 0.6) is 0 Å². The van der Waals surface area contributed by atoms with Gasteiger partial charge < -0.3 is 5.11 Å². The number of carbonyl (C=O) groups is 1. The Morgan fingerprint density at radius 3 is 2.64 bits per heavy atom. The van der Waals surface area contributed by atoms with Crippen LogP contribution in [-0.4, -0.2) is 11.1 Å². The number of carboxylic acid groups (broad SMARTS) is 1. The molecule has 1 aromatic carbocycles. The molecule has 76 valence electrons. The Kier molecular flexibility index (Phi) is 3.41. The van der Waals surface area contributed by atoms with Crippen LogP contribution < -0.4 is 0 Å². The second-order valence-corrected chi connectivity index (χ2v) is 3.15. The molecule has 0 fully saturated rings. The van der Waals surface area contributed by atoms with Crippen LogP contribution >= 0.6 is 11.6 Å². The summed E-state index contributed by atoms with van der Waals surface area (Å²) in [7, 11) is 0. The van der Waals surface area contributed by atoms with Crippen molar-refractivity contribution in [2.75, 3.05) is 0 Å². The first-order valence-electron chi connectivity index (χ1n) is 3.79. The van der Waals surface area contributed by atoms with Gasteiger partial charge in [-0.2, -0.15) is 0 Å². The van der Waals surface area contributed by atoms with Gasteiger partial charge in [0.25, 0.3) is 6.43 Å². The summed E-state index contributed by atoms with van der Waals surface area (Å²) in [5.74, 6) is -1.16. The van der Waals surface area contributed by atoms with Crippen molar-refractivity contribution in [2.24, 2.45) is 0 Å². The van der Waals surface area contributed by atoms with E-state index in [1.807, 2.05) is 0 Å². The zero-order chi connectivity index (χ0) is 10.7. The Morgan fingerprint density at radius 1 is 1.50 bits per heavy atom. The molecule has 0 aliphatic heterocycles. The number of hydrogen-bond acceptors (Lipinski definition) is 1. The number of halogens is 3. The molecule has 1 aromatic rings. The molecular weight excluding hydrogens is 214 g/mol. The minimum atomic E-state index is -2.68. The molecule has 0 bridgehead atoms. The van der Waals surface area contributed by atoms with E-state index in [1.54, 1.807) is 0 Å². The van der Waals surface area contributed by atoms with E-state index in [0.29, 0.717) is 0 Å². The molecule has 0 spiro atoms. The lowest BCUT2D eigenvalue weighted by Gasteiger charge is -2.06. The molecule has 14 heavy (non-hydrogen) atoms. The van der Waals surface area contributed by atoms with Gasteiger partial charge in [0, 0.05) is 10.6 Å². The van der Waals surface area contributed by atoms with E-state index in [-0.39, 0.29) is 16.1 Å². The summed E-state index contributed by atoms with van der Waals surface area (Å²) in [5.41, 5.74) is -0.225. The van der Waals surface area contributed by atoms with Gasteiger partial charge in [-0.15, -0.1) is 0 Å². The molecule has 0 aromatic heterocycles. The molecule has 0 aliphatic carbocycles. The summed E-state index contributed by atoms with van der Waals surface area (Å²) >= 11 is 5.57. The highest BCUT2D eigenvalue weighted by Gasteiger charge is 2.14. The van der Waals surface area contributed by atoms with Gasteiger partial charge >= 0.3 is 5.97 Å². The van der Waals surface area contributed by atoms with Crippen molar-refractivity contribution in [3.8, 4) is 0 Å². The Labute approximate surface area is 84.1 Å².